The quantitative estimate of drug-likeness (QED) is 0.395. The van der Waals surface area contributed by atoms with Crippen molar-refractivity contribution in [2.45, 2.75) is 19.3 Å². The summed E-state index contributed by atoms with van der Waals surface area (Å²) in [5.74, 6) is -1.40. The lowest BCUT2D eigenvalue weighted by molar-refractivity contribution is 0.0696. The highest BCUT2D eigenvalue weighted by Gasteiger charge is 2.25. The lowest BCUT2D eigenvalue weighted by atomic mass is 9.80. The first-order chi connectivity index (χ1) is 15.5. The number of nitrogens with zero attached hydrogens (tertiary/aromatic N) is 2. The minimum absolute atomic E-state index is 0.0760. The molecule has 0 aliphatic carbocycles. The molecule has 1 aromatic heterocycles. The maximum absolute atomic E-state index is 13.2. The second kappa shape index (κ2) is 9.35. The van der Waals surface area contributed by atoms with E-state index in [1.807, 2.05) is 67.6 Å². The first-order valence-corrected chi connectivity index (χ1v) is 10.3. The number of Topliss-reactive ketones (excluding diaryl/α,β-unsaturated/α-hetero) is 1. The van der Waals surface area contributed by atoms with Gasteiger partial charge in [0.15, 0.2) is 5.78 Å². The Morgan fingerprint density at radius 2 is 1.59 bits per heavy atom. The summed E-state index contributed by atoms with van der Waals surface area (Å²) in [4.78, 5) is 25.0. The Hall–Kier alpha value is -4.12. The largest absolute Gasteiger partial charge is 0.478 e. The Labute approximate surface area is 186 Å². The number of aromatic nitrogens is 2. The van der Waals surface area contributed by atoms with E-state index < -0.39 is 5.97 Å². The molecule has 0 aliphatic heterocycles. The minimum atomic E-state index is -1.00. The summed E-state index contributed by atoms with van der Waals surface area (Å²) < 4.78 is 0. The molecule has 0 saturated carbocycles. The van der Waals surface area contributed by atoms with Crippen molar-refractivity contribution >= 4 is 11.8 Å². The van der Waals surface area contributed by atoms with Gasteiger partial charge in [-0.15, -0.1) is 0 Å². The van der Waals surface area contributed by atoms with Crippen LogP contribution in [0.15, 0.2) is 91.3 Å². The van der Waals surface area contributed by atoms with Crippen molar-refractivity contribution in [3.63, 3.8) is 0 Å². The zero-order valence-corrected chi connectivity index (χ0v) is 17.6. The molecule has 0 radical (unpaired) electrons. The molecule has 0 aliphatic rings. The van der Waals surface area contributed by atoms with Crippen LogP contribution in [0.1, 0.15) is 49.7 Å². The lowest BCUT2D eigenvalue weighted by Gasteiger charge is -2.23. The smallest absolute Gasteiger partial charge is 0.335 e. The Morgan fingerprint density at radius 3 is 2.28 bits per heavy atom. The van der Waals surface area contributed by atoms with E-state index in [1.165, 1.54) is 12.4 Å². The van der Waals surface area contributed by atoms with Crippen LogP contribution in [0.2, 0.25) is 0 Å². The van der Waals surface area contributed by atoms with Gasteiger partial charge < -0.3 is 5.11 Å². The number of aryl methyl sites for hydroxylation is 1. The number of carbonyl (C=O) groups excluding carboxylic acids is 1. The molecule has 32 heavy (non-hydrogen) atoms. The SMILES string of the molecule is Cc1ccccc1C(CC(=O)c1ccnnc1)c1cc(C(=O)O)ccc1-c1ccccc1. The van der Waals surface area contributed by atoms with Crippen molar-refractivity contribution in [1.82, 2.24) is 10.2 Å². The van der Waals surface area contributed by atoms with Gasteiger partial charge in [-0.3, -0.25) is 4.79 Å². The molecule has 1 heterocycles. The Bertz CT molecular complexity index is 1250. The normalized spacial score (nSPS) is 11.7. The van der Waals surface area contributed by atoms with Crippen LogP contribution in [0.3, 0.4) is 0 Å². The van der Waals surface area contributed by atoms with Crippen molar-refractivity contribution in [2.24, 2.45) is 0 Å². The molecule has 0 spiro atoms. The number of carboxylic acid groups (broad SMARTS) is 1. The number of benzene rings is 3. The van der Waals surface area contributed by atoms with Crippen molar-refractivity contribution < 1.29 is 14.7 Å². The van der Waals surface area contributed by atoms with Crippen LogP contribution in [0.5, 0.6) is 0 Å². The fourth-order valence-corrected chi connectivity index (χ4v) is 3.99. The molecular weight excluding hydrogens is 400 g/mol. The average Bonchev–Trinajstić information content (AvgIpc) is 2.83. The summed E-state index contributed by atoms with van der Waals surface area (Å²) in [6.45, 7) is 2.00. The van der Waals surface area contributed by atoms with Crippen molar-refractivity contribution in [2.75, 3.05) is 0 Å². The lowest BCUT2D eigenvalue weighted by Crippen LogP contribution is -2.13. The molecule has 0 bridgehead atoms. The molecule has 0 amide bonds. The fourth-order valence-electron chi connectivity index (χ4n) is 3.99. The van der Waals surface area contributed by atoms with Crippen LogP contribution in [0.25, 0.3) is 11.1 Å². The van der Waals surface area contributed by atoms with Crippen LogP contribution in [0, 0.1) is 6.92 Å². The van der Waals surface area contributed by atoms with Gasteiger partial charge in [-0.05, 0) is 52.9 Å². The van der Waals surface area contributed by atoms with Gasteiger partial charge in [0.1, 0.15) is 0 Å². The standard InChI is InChI=1S/C27H22N2O3/c1-18-7-5-6-10-22(18)25(16-26(30)21-13-14-28-29-17-21)24-15-20(27(31)32)11-12-23(24)19-8-3-2-4-9-19/h2-15,17,25H,16H2,1H3,(H,31,32). The number of rotatable bonds is 7. The first kappa shape index (κ1) is 21.1. The second-order valence-electron chi connectivity index (χ2n) is 7.64. The molecule has 0 saturated heterocycles. The van der Waals surface area contributed by atoms with E-state index in [1.54, 1.807) is 18.2 Å². The van der Waals surface area contributed by atoms with E-state index in [-0.39, 0.29) is 23.7 Å². The van der Waals surface area contributed by atoms with Crippen molar-refractivity contribution in [1.29, 1.82) is 0 Å². The molecule has 5 heteroatoms. The molecule has 4 aromatic rings. The van der Waals surface area contributed by atoms with Gasteiger partial charge >= 0.3 is 5.97 Å². The maximum atomic E-state index is 13.2. The van der Waals surface area contributed by atoms with Crippen molar-refractivity contribution in [3.8, 4) is 11.1 Å². The third-order valence-electron chi connectivity index (χ3n) is 5.62. The molecule has 1 N–H and O–H groups in total. The highest BCUT2D eigenvalue weighted by atomic mass is 16.4. The van der Waals surface area contributed by atoms with Gasteiger partial charge in [-0.2, -0.15) is 10.2 Å². The van der Waals surface area contributed by atoms with E-state index in [4.69, 9.17) is 0 Å². The number of hydrogen-bond acceptors (Lipinski definition) is 4. The summed E-state index contributed by atoms with van der Waals surface area (Å²) >= 11 is 0. The molecule has 3 aromatic carbocycles. The number of aromatic carboxylic acids is 1. The maximum Gasteiger partial charge on any atom is 0.335 e. The van der Waals surface area contributed by atoms with Crippen LogP contribution >= 0.6 is 0 Å². The van der Waals surface area contributed by atoms with E-state index in [9.17, 15) is 14.7 Å². The summed E-state index contributed by atoms with van der Waals surface area (Å²) in [7, 11) is 0. The second-order valence-corrected chi connectivity index (χ2v) is 7.64. The average molecular weight is 422 g/mol. The number of hydrogen-bond donors (Lipinski definition) is 1. The fraction of sp³-hybridized carbons (Fsp3) is 0.111. The van der Waals surface area contributed by atoms with Gasteiger partial charge in [-0.1, -0.05) is 60.7 Å². The topological polar surface area (TPSA) is 80.2 Å². The van der Waals surface area contributed by atoms with E-state index in [0.29, 0.717) is 5.56 Å². The van der Waals surface area contributed by atoms with Crippen LogP contribution < -0.4 is 0 Å². The van der Waals surface area contributed by atoms with E-state index in [2.05, 4.69) is 10.2 Å². The molecule has 1 atom stereocenters. The van der Waals surface area contributed by atoms with E-state index >= 15 is 0 Å². The summed E-state index contributed by atoms with van der Waals surface area (Å²) in [5, 5.41) is 17.2. The molecule has 1 unspecified atom stereocenters. The predicted molar refractivity (Wildman–Crippen MR) is 123 cm³/mol. The van der Waals surface area contributed by atoms with E-state index in [0.717, 1.165) is 27.8 Å². The Kier molecular flexibility index (Phi) is 6.17. The minimum Gasteiger partial charge on any atom is -0.478 e. The number of carboxylic acids is 1. The van der Waals surface area contributed by atoms with Gasteiger partial charge in [0.05, 0.1) is 18.0 Å². The van der Waals surface area contributed by atoms with Crippen LogP contribution in [0.4, 0.5) is 0 Å². The highest BCUT2D eigenvalue weighted by Crippen LogP contribution is 2.38. The van der Waals surface area contributed by atoms with Gasteiger partial charge in [0.25, 0.3) is 0 Å². The Balaban J connectivity index is 1.90. The van der Waals surface area contributed by atoms with Crippen LogP contribution in [-0.2, 0) is 0 Å². The third kappa shape index (κ3) is 4.47. The molecule has 4 rings (SSSR count). The summed E-state index contributed by atoms with van der Waals surface area (Å²) in [6.07, 6.45) is 3.14. The summed E-state index contributed by atoms with van der Waals surface area (Å²) in [6, 6.07) is 24.5. The highest BCUT2D eigenvalue weighted by molar-refractivity contribution is 5.97. The van der Waals surface area contributed by atoms with Gasteiger partial charge in [0.2, 0.25) is 0 Å². The zero-order chi connectivity index (χ0) is 22.5. The van der Waals surface area contributed by atoms with Crippen molar-refractivity contribution in [3.05, 3.63) is 119 Å². The zero-order valence-electron chi connectivity index (χ0n) is 17.6. The first-order valence-electron chi connectivity index (χ1n) is 10.3. The molecular formula is C27H22N2O3. The summed E-state index contributed by atoms with van der Waals surface area (Å²) in [5.41, 5.74) is 5.38. The number of ketones is 1. The molecule has 5 nitrogen and oxygen atoms in total. The Morgan fingerprint density at radius 1 is 0.844 bits per heavy atom. The third-order valence-corrected chi connectivity index (χ3v) is 5.62. The van der Waals surface area contributed by atoms with Gasteiger partial charge in [0, 0.05) is 17.9 Å². The monoisotopic (exact) mass is 422 g/mol. The predicted octanol–water partition coefficient (Wildman–Crippen LogP) is 5.56. The number of carbonyl (C=O) groups is 2. The van der Waals surface area contributed by atoms with Crippen LogP contribution in [-0.4, -0.2) is 27.1 Å². The molecule has 158 valence electrons. The molecule has 0 fully saturated rings. The van der Waals surface area contributed by atoms with Gasteiger partial charge in [-0.25, -0.2) is 4.79 Å².